The SMILES string of the molecule is CCCNC(c1sccc1Cl)c1snnc1CCC. The average Bonchev–Trinajstić information content (AvgIpc) is 3.01. The van der Waals surface area contributed by atoms with Gasteiger partial charge in [0.1, 0.15) is 0 Å². The second kappa shape index (κ2) is 7.33. The molecule has 1 N–H and O–H groups in total. The van der Waals surface area contributed by atoms with Crippen LogP contribution >= 0.6 is 34.5 Å². The molecule has 0 saturated heterocycles. The van der Waals surface area contributed by atoms with Gasteiger partial charge in [-0.1, -0.05) is 36.4 Å². The predicted octanol–water partition coefficient (Wildman–Crippen LogP) is 4.29. The van der Waals surface area contributed by atoms with Crippen molar-refractivity contribution >= 4 is 34.5 Å². The monoisotopic (exact) mass is 315 g/mol. The summed E-state index contributed by atoms with van der Waals surface area (Å²) in [5.41, 5.74) is 1.10. The summed E-state index contributed by atoms with van der Waals surface area (Å²) < 4.78 is 4.12. The fraction of sp³-hybridized carbons (Fsp3) is 0.538. The highest BCUT2D eigenvalue weighted by Gasteiger charge is 2.23. The first kappa shape index (κ1) is 14.9. The predicted molar refractivity (Wildman–Crippen MR) is 83.4 cm³/mol. The molecule has 0 saturated carbocycles. The Hall–Kier alpha value is -0.490. The zero-order valence-electron chi connectivity index (χ0n) is 11.1. The second-order valence-corrected chi connectivity index (χ2v) is 6.49. The van der Waals surface area contributed by atoms with Crippen LogP contribution in [0.4, 0.5) is 0 Å². The number of aromatic nitrogens is 2. The lowest BCUT2D eigenvalue weighted by atomic mass is 10.1. The van der Waals surface area contributed by atoms with Crippen LogP contribution in [0.15, 0.2) is 11.4 Å². The van der Waals surface area contributed by atoms with Crippen molar-refractivity contribution in [2.45, 2.75) is 39.2 Å². The van der Waals surface area contributed by atoms with Crippen molar-refractivity contribution in [1.29, 1.82) is 0 Å². The smallest absolute Gasteiger partial charge is 0.0815 e. The number of aryl methyl sites for hydroxylation is 1. The van der Waals surface area contributed by atoms with Crippen molar-refractivity contribution in [3.8, 4) is 0 Å². The molecule has 1 unspecified atom stereocenters. The molecule has 0 aliphatic heterocycles. The van der Waals surface area contributed by atoms with E-state index in [1.54, 1.807) is 11.3 Å². The van der Waals surface area contributed by atoms with Crippen LogP contribution in [0.1, 0.15) is 48.2 Å². The summed E-state index contributed by atoms with van der Waals surface area (Å²) in [5.74, 6) is 0. The zero-order valence-corrected chi connectivity index (χ0v) is 13.5. The number of nitrogens with one attached hydrogen (secondary N) is 1. The van der Waals surface area contributed by atoms with Gasteiger partial charge in [-0.25, -0.2) is 0 Å². The molecule has 2 aromatic rings. The Morgan fingerprint density at radius 2 is 2.16 bits per heavy atom. The molecule has 0 bridgehead atoms. The molecule has 3 nitrogen and oxygen atoms in total. The Balaban J connectivity index is 2.31. The maximum absolute atomic E-state index is 6.29. The lowest BCUT2D eigenvalue weighted by molar-refractivity contribution is 0.606. The van der Waals surface area contributed by atoms with Crippen molar-refractivity contribution in [3.05, 3.63) is 31.9 Å². The summed E-state index contributed by atoms with van der Waals surface area (Å²) in [4.78, 5) is 2.37. The van der Waals surface area contributed by atoms with Crippen LogP contribution in [0.25, 0.3) is 0 Å². The van der Waals surface area contributed by atoms with Gasteiger partial charge in [-0.05, 0) is 42.4 Å². The van der Waals surface area contributed by atoms with Gasteiger partial charge in [0, 0.05) is 4.88 Å². The van der Waals surface area contributed by atoms with Gasteiger partial charge < -0.3 is 5.32 Å². The van der Waals surface area contributed by atoms with E-state index in [-0.39, 0.29) is 6.04 Å². The molecule has 2 heterocycles. The Bertz CT molecular complexity index is 509. The van der Waals surface area contributed by atoms with E-state index in [1.807, 2.05) is 11.4 Å². The van der Waals surface area contributed by atoms with Crippen molar-refractivity contribution in [1.82, 2.24) is 14.9 Å². The van der Waals surface area contributed by atoms with Gasteiger partial charge in [0.25, 0.3) is 0 Å². The minimum absolute atomic E-state index is 0.133. The third kappa shape index (κ3) is 3.54. The van der Waals surface area contributed by atoms with Crippen LogP contribution in [-0.2, 0) is 6.42 Å². The molecule has 2 aromatic heterocycles. The maximum Gasteiger partial charge on any atom is 0.0815 e. The van der Waals surface area contributed by atoms with Gasteiger partial charge >= 0.3 is 0 Å². The lowest BCUT2D eigenvalue weighted by Crippen LogP contribution is -2.22. The van der Waals surface area contributed by atoms with E-state index in [1.165, 1.54) is 21.3 Å². The number of halogens is 1. The highest BCUT2D eigenvalue weighted by Crippen LogP contribution is 2.35. The molecule has 1 atom stereocenters. The highest BCUT2D eigenvalue weighted by molar-refractivity contribution is 7.11. The van der Waals surface area contributed by atoms with Gasteiger partial charge in [-0.15, -0.1) is 16.4 Å². The van der Waals surface area contributed by atoms with E-state index in [4.69, 9.17) is 11.6 Å². The van der Waals surface area contributed by atoms with E-state index < -0.39 is 0 Å². The van der Waals surface area contributed by atoms with E-state index in [2.05, 4.69) is 28.8 Å². The van der Waals surface area contributed by atoms with E-state index in [9.17, 15) is 0 Å². The summed E-state index contributed by atoms with van der Waals surface area (Å²) in [6.07, 6.45) is 3.14. The summed E-state index contributed by atoms with van der Waals surface area (Å²) in [5, 5.41) is 10.7. The summed E-state index contributed by atoms with van der Waals surface area (Å²) in [6, 6.07) is 2.09. The number of nitrogens with zero attached hydrogens (tertiary/aromatic N) is 2. The van der Waals surface area contributed by atoms with Crippen LogP contribution < -0.4 is 5.32 Å². The fourth-order valence-corrected chi connectivity index (χ4v) is 4.06. The highest BCUT2D eigenvalue weighted by atomic mass is 35.5. The van der Waals surface area contributed by atoms with E-state index in [0.29, 0.717) is 0 Å². The van der Waals surface area contributed by atoms with Crippen molar-refractivity contribution in [2.24, 2.45) is 0 Å². The van der Waals surface area contributed by atoms with Crippen LogP contribution in [0.5, 0.6) is 0 Å². The third-order valence-corrected chi connectivity index (χ3v) is 5.09. The first-order valence-electron chi connectivity index (χ1n) is 6.55. The molecule has 0 aliphatic rings. The molecular formula is C13H18ClN3S2. The van der Waals surface area contributed by atoms with Gasteiger partial charge in [0.2, 0.25) is 0 Å². The number of rotatable bonds is 7. The van der Waals surface area contributed by atoms with Crippen LogP contribution in [-0.4, -0.2) is 16.1 Å². The number of hydrogen-bond donors (Lipinski definition) is 1. The third-order valence-electron chi connectivity index (χ3n) is 2.84. The Morgan fingerprint density at radius 3 is 2.79 bits per heavy atom. The molecular weight excluding hydrogens is 298 g/mol. The standard InChI is InChI=1S/C13H18ClN3S2/c1-3-5-10-13(19-17-16-10)11(15-7-4-2)12-9(14)6-8-18-12/h6,8,11,15H,3-5,7H2,1-2H3. The number of hydrogen-bond acceptors (Lipinski definition) is 5. The molecule has 2 rings (SSSR count). The van der Waals surface area contributed by atoms with E-state index in [0.717, 1.165) is 36.5 Å². The zero-order chi connectivity index (χ0) is 13.7. The molecule has 0 spiro atoms. The molecule has 0 amide bonds. The maximum atomic E-state index is 6.29. The summed E-state index contributed by atoms with van der Waals surface area (Å²) in [7, 11) is 0. The molecule has 0 radical (unpaired) electrons. The van der Waals surface area contributed by atoms with Crippen molar-refractivity contribution in [2.75, 3.05) is 6.54 Å². The summed E-state index contributed by atoms with van der Waals surface area (Å²) >= 11 is 9.46. The average molecular weight is 316 g/mol. The largest absolute Gasteiger partial charge is 0.305 e. The molecule has 0 aliphatic carbocycles. The Morgan fingerprint density at radius 1 is 1.32 bits per heavy atom. The summed E-state index contributed by atoms with van der Waals surface area (Å²) in [6.45, 7) is 5.29. The Labute approximate surface area is 127 Å². The molecule has 6 heteroatoms. The van der Waals surface area contributed by atoms with Gasteiger partial charge in [0.15, 0.2) is 0 Å². The van der Waals surface area contributed by atoms with Crippen LogP contribution in [0.3, 0.4) is 0 Å². The van der Waals surface area contributed by atoms with Gasteiger partial charge in [-0.2, -0.15) is 0 Å². The molecule has 0 fully saturated rings. The first-order valence-corrected chi connectivity index (χ1v) is 8.58. The van der Waals surface area contributed by atoms with Gasteiger partial charge in [-0.3, -0.25) is 0 Å². The molecule has 0 aromatic carbocycles. The first-order chi connectivity index (χ1) is 9.27. The van der Waals surface area contributed by atoms with Gasteiger partial charge in [0.05, 0.1) is 21.6 Å². The lowest BCUT2D eigenvalue weighted by Gasteiger charge is -2.17. The number of thiophene rings is 1. The topological polar surface area (TPSA) is 37.8 Å². The minimum Gasteiger partial charge on any atom is -0.305 e. The minimum atomic E-state index is 0.133. The van der Waals surface area contributed by atoms with Crippen LogP contribution in [0.2, 0.25) is 5.02 Å². The normalized spacial score (nSPS) is 12.8. The quantitative estimate of drug-likeness (QED) is 0.828. The second-order valence-electron chi connectivity index (χ2n) is 4.35. The van der Waals surface area contributed by atoms with E-state index >= 15 is 0 Å². The van der Waals surface area contributed by atoms with Crippen molar-refractivity contribution < 1.29 is 0 Å². The Kier molecular flexibility index (Phi) is 5.76. The molecule has 104 valence electrons. The van der Waals surface area contributed by atoms with Crippen molar-refractivity contribution in [3.63, 3.8) is 0 Å². The fourth-order valence-electron chi connectivity index (χ4n) is 1.95. The van der Waals surface area contributed by atoms with Crippen LogP contribution in [0, 0.1) is 0 Å². The molecule has 19 heavy (non-hydrogen) atoms.